The van der Waals surface area contributed by atoms with Crippen molar-refractivity contribution in [3.8, 4) is 17.0 Å². The van der Waals surface area contributed by atoms with E-state index in [1.165, 1.54) is 11.5 Å². The van der Waals surface area contributed by atoms with Crippen LogP contribution in [0.3, 0.4) is 0 Å². The molecule has 0 bridgehead atoms. The molecule has 1 heterocycles. The standard InChI is InChI=1S/C10H10N2OS/c1-2-13-9-5-3-8(4-6-9)10-7-14-12-11-10/h3-7H,2H2,1H3. The number of hydrogen-bond acceptors (Lipinski definition) is 4. The molecule has 0 spiro atoms. The van der Waals surface area contributed by atoms with Crippen molar-refractivity contribution in [2.75, 3.05) is 6.61 Å². The van der Waals surface area contributed by atoms with Gasteiger partial charge < -0.3 is 4.74 Å². The Morgan fingerprint density at radius 3 is 2.64 bits per heavy atom. The highest BCUT2D eigenvalue weighted by Crippen LogP contribution is 2.20. The minimum atomic E-state index is 0.692. The zero-order valence-corrected chi connectivity index (χ0v) is 8.62. The van der Waals surface area contributed by atoms with Gasteiger partial charge in [-0.25, -0.2) is 0 Å². The lowest BCUT2D eigenvalue weighted by atomic mass is 10.2. The predicted octanol–water partition coefficient (Wildman–Crippen LogP) is 2.60. The van der Waals surface area contributed by atoms with Gasteiger partial charge in [-0.1, -0.05) is 4.49 Å². The lowest BCUT2D eigenvalue weighted by Crippen LogP contribution is -1.90. The van der Waals surface area contributed by atoms with Crippen molar-refractivity contribution in [1.29, 1.82) is 0 Å². The van der Waals surface area contributed by atoms with Crippen LogP contribution in [0.5, 0.6) is 5.75 Å². The van der Waals surface area contributed by atoms with Crippen LogP contribution in [0.4, 0.5) is 0 Å². The maximum Gasteiger partial charge on any atom is 0.119 e. The van der Waals surface area contributed by atoms with Crippen LogP contribution in [0.25, 0.3) is 11.3 Å². The first kappa shape index (κ1) is 9.15. The molecule has 0 saturated heterocycles. The summed E-state index contributed by atoms with van der Waals surface area (Å²) in [5.74, 6) is 0.888. The quantitative estimate of drug-likeness (QED) is 0.774. The summed E-state index contributed by atoms with van der Waals surface area (Å²) < 4.78 is 9.16. The average molecular weight is 206 g/mol. The fourth-order valence-electron chi connectivity index (χ4n) is 1.18. The normalized spacial score (nSPS) is 10.1. The van der Waals surface area contributed by atoms with E-state index < -0.39 is 0 Å². The second-order valence-electron chi connectivity index (χ2n) is 2.75. The van der Waals surface area contributed by atoms with Gasteiger partial charge in [0.15, 0.2) is 0 Å². The Bertz CT molecular complexity index is 383. The van der Waals surface area contributed by atoms with Gasteiger partial charge in [0.25, 0.3) is 0 Å². The van der Waals surface area contributed by atoms with Crippen LogP contribution in [0, 0.1) is 0 Å². The number of rotatable bonds is 3. The summed E-state index contributed by atoms with van der Waals surface area (Å²) in [4.78, 5) is 0. The molecule has 4 heteroatoms. The maximum atomic E-state index is 5.34. The number of aromatic nitrogens is 2. The van der Waals surface area contributed by atoms with E-state index in [0.29, 0.717) is 6.61 Å². The fourth-order valence-corrected chi connectivity index (χ4v) is 1.64. The minimum Gasteiger partial charge on any atom is -0.494 e. The Kier molecular flexibility index (Phi) is 2.74. The molecule has 1 aromatic heterocycles. The van der Waals surface area contributed by atoms with E-state index in [0.717, 1.165) is 17.0 Å². The molecular weight excluding hydrogens is 196 g/mol. The van der Waals surface area contributed by atoms with Crippen molar-refractivity contribution in [3.63, 3.8) is 0 Å². The van der Waals surface area contributed by atoms with E-state index >= 15 is 0 Å². The highest BCUT2D eigenvalue weighted by molar-refractivity contribution is 7.03. The minimum absolute atomic E-state index is 0.692. The zero-order valence-electron chi connectivity index (χ0n) is 7.80. The van der Waals surface area contributed by atoms with Gasteiger partial charge in [-0.2, -0.15) is 0 Å². The molecule has 0 aliphatic carbocycles. The molecule has 2 rings (SSSR count). The molecule has 1 aromatic carbocycles. The van der Waals surface area contributed by atoms with Crippen LogP contribution >= 0.6 is 11.5 Å². The molecule has 0 unspecified atom stereocenters. The van der Waals surface area contributed by atoms with Crippen LogP contribution in [0.15, 0.2) is 29.6 Å². The van der Waals surface area contributed by atoms with E-state index in [4.69, 9.17) is 4.74 Å². The average Bonchev–Trinajstić information content (AvgIpc) is 2.72. The number of ether oxygens (including phenoxy) is 1. The summed E-state index contributed by atoms with van der Waals surface area (Å²) in [6, 6.07) is 7.86. The Morgan fingerprint density at radius 2 is 2.07 bits per heavy atom. The molecular formula is C10H10N2OS. The largest absolute Gasteiger partial charge is 0.494 e. The Balaban J connectivity index is 2.22. The summed E-state index contributed by atoms with van der Waals surface area (Å²) in [6.07, 6.45) is 0. The summed E-state index contributed by atoms with van der Waals surface area (Å²) >= 11 is 1.36. The molecule has 72 valence electrons. The molecule has 3 nitrogen and oxygen atoms in total. The monoisotopic (exact) mass is 206 g/mol. The van der Waals surface area contributed by atoms with Gasteiger partial charge in [-0.15, -0.1) is 5.10 Å². The van der Waals surface area contributed by atoms with Crippen molar-refractivity contribution in [3.05, 3.63) is 29.6 Å². The van der Waals surface area contributed by atoms with Crippen molar-refractivity contribution in [1.82, 2.24) is 9.59 Å². The first-order chi connectivity index (χ1) is 6.90. The van der Waals surface area contributed by atoms with Gasteiger partial charge in [0.2, 0.25) is 0 Å². The molecule has 0 amide bonds. The third-order valence-electron chi connectivity index (χ3n) is 1.82. The van der Waals surface area contributed by atoms with Crippen molar-refractivity contribution in [2.24, 2.45) is 0 Å². The van der Waals surface area contributed by atoms with Gasteiger partial charge in [-0.05, 0) is 42.7 Å². The van der Waals surface area contributed by atoms with Crippen LogP contribution in [0.1, 0.15) is 6.92 Å². The summed E-state index contributed by atoms with van der Waals surface area (Å²) in [5.41, 5.74) is 1.99. The second-order valence-corrected chi connectivity index (χ2v) is 3.36. The van der Waals surface area contributed by atoms with E-state index in [-0.39, 0.29) is 0 Å². The summed E-state index contributed by atoms with van der Waals surface area (Å²) in [6.45, 7) is 2.66. The number of hydrogen-bond donors (Lipinski definition) is 0. The van der Waals surface area contributed by atoms with Crippen molar-refractivity contribution in [2.45, 2.75) is 6.92 Å². The van der Waals surface area contributed by atoms with Gasteiger partial charge in [-0.3, -0.25) is 0 Å². The lowest BCUT2D eigenvalue weighted by molar-refractivity contribution is 0.340. The van der Waals surface area contributed by atoms with Crippen LogP contribution in [-0.4, -0.2) is 16.2 Å². The van der Waals surface area contributed by atoms with Crippen LogP contribution in [-0.2, 0) is 0 Å². The van der Waals surface area contributed by atoms with Crippen LogP contribution < -0.4 is 4.74 Å². The van der Waals surface area contributed by atoms with E-state index in [9.17, 15) is 0 Å². The molecule has 2 aromatic rings. The molecule has 0 radical (unpaired) electrons. The lowest BCUT2D eigenvalue weighted by Gasteiger charge is -2.02. The van der Waals surface area contributed by atoms with E-state index in [1.54, 1.807) is 0 Å². The van der Waals surface area contributed by atoms with Gasteiger partial charge >= 0.3 is 0 Å². The fraction of sp³-hybridized carbons (Fsp3) is 0.200. The smallest absolute Gasteiger partial charge is 0.119 e. The van der Waals surface area contributed by atoms with Gasteiger partial charge in [0.05, 0.1) is 6.61 Å². The first-order valence-electron chi connectivity index (χ1n) is 4.40. The highest BCUT2D eigenvalue weighted by atomic mass is 32.1. The molecule has 0 aliphatic heterocycles. The summed E-state index contributed by atoms with van der Waals surface area (Å²) in [7, 11) is 0. The second kappa shape index (κ2) is 4.19. The Labute approximate surface area is 86.5 Å². The maximum absolute atomic E-state index is 5.34. The SMILES string of the molecule is CCOc1ccc(-c2csnn2)cc1. The Morgan fingerprint density at radius 1 is 1.29 bits per heavy atom. The van der Waals surface area contributed by atoms with Crippen LogP contribution in [0.2, 0.25) is 0 Å². The topological polar surface area (TPSA) is 35.0 Å². The Hall–Kier alpha value is -1.42. The molecule has 0 aliphatic rings. The van der Waals surface area contributed by atoms with E-state index in [1.807, 2.05) is 36.6 Å². The molecule has 0 atom stereocenters. The highest BCUT2D eigenvalue weighted by Gasteiger charge is 2.00. The number of benzene rings is 1. The molecule has 0 N–H and O–H groups in total. The third kappa shape index (κ3) is 1.90. The molecule has 14 heavy (non-hydrogen) atoms. The van der Waals surface area contributed by atoms with E-state index in [2.05, 4.69) is 9.59 Å². The number of nitrogens with zero attached hydrogens (tertiary/aromatic N) is 2. The summed E-state index contributed by atoms with van der Waals surface area (Å²) in [5, 5.41) is 5.92. The third-order valence-corrected chi connectivity index (χ3v) is 2.33. The van der Waals surface area contributed by atoms with Crippen molar-refractivity contribution >= 4 is 11.5 Å². The molecule has 0 fully saturated rings. The zero-order chi connectivity index (χ0) is 9.80. The first-order valence-corrected chi connectivity index (χ1v) is 5.24. The molecule has 0 saturated carbocycles. The van der Waals surface area contributed by atoms with Gasteiger partial charge in [0.1, 0.15) is 11.4 Å². The predicted molar refractivity (Wildman–Crippen MR) is 56.5 cm³/mol. The van der Waals surface area contributed by atoms with Gasteiger partial charge in [0, 0.05) is 10.9 Å². The van der Waals surface area contributed by atoms with Crippen molar-refractivity contribution < 1.29 is 4.74 Å².